The zero-order valence-electron chi connectivity index (χ0n) is 14.3. The summed E-state index contributed by atoms with van der Waals surface area (Å²) in [7, 11) is 0. The Kier molecular flexibility index (Phi) is 4.51. The molecule has 3 rings (SSSR count). The van der Waals surface area contributed by atoms with Crippen molar-refractivity contribution in [1.29, 1.82) is 0 Å². The Morgan fingerprint density at radius 2 is 2.12 bits per heavy atom. The van der Waals surface area contributed by atoms with Crippen LogP contribution >= 0.6 is 11.3 Å². The molecule has 1 aromatic carbocycles. The van der Waals surface area contributed by atoms with Crippen molar-refractivity contribution in [2.24, 2.45) is 0 Å². The van der Waals surface area contributed by atoms with Gasteiger partial charge in [-0.15, -0.1) is 11.3 Å². The summed E-state index contributed by atoms with van der Waals surface area (Å²) in [5.74, 6) is -0.831. The molecule has 6 nitrogen and oxygen atoms in total. The van der Waals surface area contributed by atoms with Crippen LogP contribution in [0.15, 0.2) is 23.6 Å². The maximum Gasteiger partial charge on any atom is 0.330 e. The number of hydrogen-bond donors (Lipinski definition) is 2. The zero-order chi connectivity index (χ0) is 18.2. The number of fused-ring (bicyclic) bond motifs is 1. The van der Waals surface area contributed by atoms with E-state index in [0.717, 1.165) is 22.7 Å². The molecule has 1 aliphatic heterocycles. The number of amides is 1. The fourth-order valence-electron chi connectivity index (χ4n) is 2.60. The third-order valence-corrected chi connectivity index (χ3v) is 5.22. The van der Waals surface area contributed by atoms with Crippen LogP contribution in [0, 0.1) is 0 Å². The van der Waals surface area contributed by atoms with Gasteiger partial charge in [-0.25, -0.2) is 9.78 Å². The Labute approximate surface area is 149 Å². The van der Waals surface area contributed by atoms with Crippen LogP contribution in [0.25, 0.3) is 0 Å². The van der Waals surface area contributed by atoms with Gasteiger partial charge in [0.15, 0.2) is 6.04 Å². The number of ether oxygens (including phenoxy) is 1. The van der Waals surface area contributed by atoms with Crippen molar-refractivity contribution in [3.63, 3.8) is 0 Å². The molecule has 0 radical (unpaired) electrons. The molecule has 0 saturated heterocycles. The summed E-state index contributed by atoms with van der Waals surface area (Å²) in [6.45, 7) is 6.64. The number of hydrogen-bond acceptors (Lipinski definition) is 5. The molecule has 0 aliphatic carbocycles. The fraction of sp³-hybridized carbons (Fsp3) is 0.389. The minimum atomic E-state index is -1.13. The van der Waals surface area contributed by atoms with E-state index in [1.807, 2.05) is 20.8 Å². The molecule has 1 aromatic heterocycles. The van der Waals surface area contributed by atoms with Crippen LogP contribution in [0.3, 0.4) is 0 Å². The van der Waals surface area contributed by atoms with E-state index in [9.17, 15) is 14.7 Å². The molecule has 7 heteroatoms. The lowest BCUT2D eigenvalue weighted by Gasteiger charge is -2.15. The summed E-state index contributed by atoms with van der Waals surface area (Å²) >= 11 is 1.40. The average molecular weight is 360 g/mol. The molecular weight excluding hydrogens is 340 g/mol. The van der Waals surface area contributed by atoms with Crippen LogP contribution in [-0.4, -0.2) is 28.6 Å². The fourth-order valence-corrected chi connectivity index (χ4v) is 3.49. The molecule has 1 atom stereocenters. The van der Waals surface area contributed by atoms with E-state index < -0.39 is 17.9 Å². The van der Waals surface area contributed by atoms with E-state index in [4.69, 9.17) is 4.74 Å². The Balaban J connectivity index is 1.81. The van der Waals surface area contributed by atoms with Gasteiger partial charge in [-0.3, -0.25) is 4.79 Å². The van der Waals surface area contributed by atoms with Crippen molar-refractivity contribution in [2.75, 3.05) is 6.61 Å². The highest BCUT2D eigenvalue weighted by Gasteiger charge is 2.27. The first-order chi connectivity index (χ1) is 11.8. The summed E-state index contributed by atoms with van der Waals surface area (Å²) in [6, 6.07) is 4.08. The summed E-state index contributed by atoms with van der Waals surface area (Å²) in [6.07, 6.45) is 0.741. The molecule has 0 spiro atoms. The first-order valence-electron chi connectivity index (χ1n) is 8.01. The number of benzene rings is 1. The second-order valence-electron chi connectivity index (χ2n) is 7.00. The first-order valence-corrected chi connectivity index (χ1v) is 8.89. The van der Waals surface area contributed by atoms with Gasteiger partial charge in [-0.1, -0.05) is 26.8 Å². The number of thiazole rings is 1. The molecule has 132 valence electrons. The van der Waals surface area contributed by atoms with Crippen LogP contribution in [0.1, 0.15) is 53.4 Å². The molecule has 2 N–H and O–H groups in total. The normalized spacial score (nSPS) is 14.5. The van der Waals surface area contributed by atoms with E-state index in [1.54, 1.807) is 23.6 Å². The molecular formula is C18H20N2O4S. The van der Waals surface area contributed by atoms with Gasteiger partial charge in [0.25, 0.3) is 5.91 Å². The standard InChI is InChI=1S/C18H20N2O4S/c1-18(2,3)17-19-12(9-25-17)15(21)20-14(16(22)23)11-4-5-13-10(8-11)6-7-24-13/h4-5,8-9,14H,6-7H2,1-3H3,(H,20,21)(H,22,23). The van der Waals surface area contributed by atoms with Crippen molar-refractivity contribution in [3.8, 4) is 5.75 Å². The third-order valence-electron chi connectivity index (χ3n) is 3.95. The van der Waals surface area contributed by atoms with Gasteiger partial charge in [0.2, 0.25) is 0 Å². The largest absolute Gasteiger partial charge is 0.493 e. The number of aliphatic carboxylic acids is 1. The van der Waals surface area contributed by atoms with Crippen LogP contribution in [-0.2, 0) is 16.6 Å². The lowest BCUT2D eigenvalue weighted by atomic mass is 9.98. The maximum atomic E-state index is 12.5. The van der Waals surface area contributed by atoms with E-state index >= 15 is 0 Å². The van der Waals surface area contributed by atoms with Gasteiger partial charge in [0, 0.05) is 17.2 Å². The number of rotatable bonds is 4. The quantitative estimate of drug-likeness (QED) is 0.875. The van der Waals surface area contributed by atoms with Gasteiger partial charge in [0.05, 0.1) is 11.6 Å². The maximum absolute atomic E-state index is 12.5. The second kappa shape index (κ2) is 6.48. The monoisotopic (exact) mass is 360 g/mol. The highest BCUT2D eigenvalue weighted by atomic mass is 32.1. The SMILES string of the molecule is CC(C)(C)c1nc(C(=O)NC(C(=O)O)c2ccc3c(c2)CCO3)cs1. The van der Waals surface area contributed by atoms with Gasteiger partial charge in [-0.2, -0.15) is 0 Å². The lowest BCUT2D eigenvalue weighted by Crippen LogP contribution is -2.34. The highest BCUT2D eigenvalue weighted by Crippen LogP contribution is 2.29. The Bertz CT molecular complexity index is 823. The second-order valence-corrected chi connectivity index (χ2v) is 7.86. The molecule has 25 heavy (non-hydrogen) atoms. The molecule has 2 aromatic rings. The summed E-state index contributed by atoms with van der Waals surface area (Å²) in [5.41, 5.74) is 1.57. The van der Waals surface area contributed by atoms with Crippen LogP contribution < -0.4 is 10.1 Å². The molecule has 2 heterocycles. The molecule has 1 amide bonds. The summed E-state index contributed by atoms with van der Waals surface area (Å²) in [5, 5.41) is 14.6. The van der Waals surface area contributed by atoms with Crippen molar-refractivity contribution in [3.05, 3.63) is 45.4 Å². The van der Waals surface area contributed by atoms with E-state index in [-0.39, 0.29) is 11.1 Å². The minimum Gasteiger partial charge on any atom is -0.493 e. The topological polar surface area (TPSA) is 88.5 Å². The van der Waals surface area contributed by atoms with E-state index in [2.05, 4.69) is 10.3 Å². The smallest absolute Gasteiger partial charge is 0.330 e. The lowest BCUT2D eigenvalue weighted by molar-refractivity contribution is -0.139. The third kappa shape index (κ3) is 3.66. The number of carboxylic acid groups (broad SMARTS) is 1. The number of aromatic nitrogens is 1. The molecule has 0 saturated carbocycles. The number of carbonyl (C=O) groups is 2. The van der Waals surface area contributed by atoms with E-state index in [0.29, 0.717) is 12.2 Å². The van der Waals surface area contributed by atoms with Crippen molar-refractivity contribution in [2.45, 2.75) is 38.6 Å². The number of nitrogens with one attached hydrogen (secondary N) is 1. The van der Waals surface area contributed by atoms with Crippen molar-refractivity contribution >= 4 is 23.2 Å². The Morgan fingerprint density at radius 3 is 2.76 bits per heavy atom. The van der Waals surface area contributed by atoms with Gasteiger partial charge in [-0.05, 0) is 23.3 Å². The minimum absolute atomic E-state index is 0.157. The predicted octanol–water partition coefficient (Wildman–Crippen LogP) is 2.93. The molecule has 0 bridgehead atoms. The number of nitrogens with zero attached hydrogens (tertiary/aromatic N) is 1. The van der Waals surface area contributed by atoms with Crippen LogP contribution in [0.5, 0.6) is 5.75 Å². The predicted molar refractivity (Wildman–Crippen MR) is 94.3 cm³/mol. The number of carboxylic acids is 1. The molecule has 0 fully saturated rings. The average Bonchev–Trinajstić information content (AvgIpc) is 3.19. The molecule has 1 unspecified atom stereocenters. The Hall–Kier alpha value is -2.41. The van der Waals surface area contributed by atoms with Crippen molar-refractivity contribution in [1.82, 2.24) is 10.3 Å². The van der Waals surface area contributed by atoms with Crippen LogP contribution in [0.4, 0.5) is 0 Å². The highest BCUT2D eigenvalue weighted by molar-refractivity contribution is 7.10. The first kappa shape index (κ1) is 17.4. The molecule has 1 aliphatic rings. The van der Waals surface area contributed by atoms with Gasteiger partial charge in [0.1, 0.15) is 11.4 Å². The van der Waals surface area contributed by atoms with Gasteiger partial charge < -0.3 is 15.2 Å². The van der Waals surface area contributed by atoms with Gasteiger partial charge >= 0.3 is 5.97 Å². The number of carbonyl (C=O) groups excluding carboxylic acids is 1. The Morgan fingerprint density at radius 1 is 1.36 bits per heavy atom. The van der Waals surface area contributed by atoms with Crippen molar-refractivity contribution < 1.29 is 19.4 Å². The van der Waals surface area contributed by atoms with E-state index in [1.165, 1.54) is 11.3 Å². The van der Waals surface area contributed by atoms with Crippen LogP contribution in [0.2, 0.25) is 0 Å². The summed E-state index contributed by atoms with van der Waals surface area (Å²) in [4.78, 5) is 28.5. The zero-order valence-corrected chi connectivity index (χ0v) is 15.1. The summed E-state index contributed by atoms with van der Waals surface area (Å²) < 4.78 is 5.44.